The molecule has 0 saturated carbocycles. The summed E-state index contributed by atoms with van der Waals surface area (Å²) in [4.78, 5) is 30.9. The van der Waals surface area contributed by atoms with Gasteiger partial charge in [0, 0.05) is 12.6 Å². The van der Waals surface area contributed by atoms with Crippen LogP contribution in [0.25, 0.3) is 0 Å². The third kappa shape index (κ3) is 4.42. The van der Waals surface area contributed by atoms with Crippen molar-refractivity contribution in [3.63, 3.8) is 0 Å². The number of imide groups is 1. The van der Waals surface area contributed by atoms with Crippen molar-refractivity contribution in [1.82, 2.24) is 9.88 Å². The van der Waals surface area contributed by atoms with Crippen molar-refractivity contribution in [2.45, 2.75) is 31.9 Å². The minimum Gasteiger partial charge on any atom is -0.446 e. The summed E-state index contributed by atoms with van der Waals surface area (Å²) >= 11 is 5.97. The maximum Gasteiger partial charge on any atom is 0.417 e. The van der Waals surface area contributed by atoms with Crippen LogP contribution in [0.2, 0.25) is 5.15 Å². The third-order valence-electron chi connectivity index (χ3n) is 4.97. The second-order valence-corrected chi connectivity index (χ2v) is 7.24. The van der Waals surface area contributed by atoms with Crippen molar-refractivity contribution < 1.29 is 19.4 Å². The van der Waals surface area contributed by atoms with Crippen LogP contribution in [0.1, 0.15) is 41.7 Å². The molecule has 0 bridgehead atoms. The number of carbonyl (C=O) groups excluding carboxylic acids is 2. The molecule has 0 radical (unpaired) electrons. The zero-order valence-electron chi connectivity index (χ0n) is 15.9. The van der Waals surface area contributed by atoms with Gasteiger partial charge in [0.2, 0.25) is 5.91 Å². The summed E-state index contributed by atoms with van der Waals surface area (Å²) in [7, 11) is 0. The number of pyridine rings is 1. The van der Waals surface area contributed by atoms with Gasteiger partial charge in [-0.2, -0.15) is 0 Å². The van der Waals surface area contributed by atoms with Crippen LogP contribution in [0.15, 0.2) is 42.6 Å². The molecule has 0 spiro atoms. The van der Waals surface area contributed by atoms with Gasteiger partial charge in [0.05, 0.1) is 12.0 Å². The minimum absolute atomic E-state index is 0.0636. The van der Waals surface area contributed by atoms with Crippen LogP contribution in [0.5, 0.6) is 0 Å². The molecule has 29 heavy (non-hydrogen) atoms. The molecular weight excluding hydrogens is 392 g/mol. The second-order valence-electron chi connectivity index (χ2n) is 6.88. The molecule has 150 valence electrons. The number of terminal acetylenes is 1. The van der Waals surface area contributed by atoms with E-state index in [-0.39, 0.29) is 19.4 Å². The van der Waals surface area contributed by atoms with E-state index in [0.717, 1.165) is 10.5 Å². The standard InChI is InChI=1S/C22H21ClN2O4/c1-3-4-10-17(19(26)16-11-14(2)20(23)24-12-16)21(27)25-18(13-29-22(25)28)15-8-6-5-7-9-15/h1,5-9,11-12,17-19,26H,4,10,13H2,2H3/t17-,18-,19-/m1/s1. The first-order valence-electron chi connectivity index (χ1n) is 9.22. The Bertz CT molecular complexity index is 942. The highest BCUT2D eigenvalue weighted by atomic mass is 35.5. The lowest BCUT2D eigenvalue weighted by molar-refractivity contribution is -0.137. The lowest BCUT2D eigenvalue weighted by atomic mass is 9.90. The Labute approximate surface area is 174 Å². The molecule has 3 atom stereocenters. The van der Waals surface area contributed by atoms with Gasteiger partial charge in [-0.05, 0) is 36.1 Å². The fourth-order valence-electron chi connectivity index (χ4n) is 3.39. The molecule has 2 heterocycles. The molecule has 0 unspecified atom stereocenters. The van der Waals surface area contributed by atoms with Gasteiger partial charge in [0.1, 0.15) is 17.8 Å². The Morgan fingerprint density at radius 1 is 1.45 bits per heavy atom. The molecule has 3 rings (SSSR count). The Balaban J connectivity index is 1.92. The summed E-state index contributed by atoms with van der Waals surface area (Å²) in [5, 5.41) is 11.3. The molecule has 2 amide bonds. The molecule has 1 fully saturated rings. The zero-order valence-corrected chi connectivity index (χ0v) is 16.7. The minimum atomic E-state index is -1.19. The Morgan fingerprint density at radius 2 is 2.17 bits per heavy atom. The highest BCUT2D eigenvalue weighted by Gasteiger charge is 2.43. The van der Waals surface area contributed by atoms with Crippen LogP contribution < -0.4 is 0 Å². The number of amides is 2. The van der Waals surface area contributed by atoms with E-state index in [0.29, 0.717) is 16.3 Å². The van der Waals surface area contributed by atoms with Crippen molar-refractivity contribution in [2.24, 2.45) is 5.92 Å². The van der Waals surface area contributed by atoms with Crippen LogP contribution in [-0.4, -0.2) is 33.6 Å². The number of aryl methyl sites for hydroxylation is 1. The van der Waals surface area contributed by atoms with Crippen LogP contribution in [0.3, 0.4) is 0 Å². The lowest BCUT2D eigenvalue weighted by Crippen LogP contribution is -2.40. The van der Waals surface area contributed by atoms with Gasteiger partial charge in [-0.1, -0.05) is 41.9 Å². The number of benzene rings is 1. The van der Waals surface area contributed by atoms with Crippen molar-refractivity contribution in [2.75, 3.05) is 6.61 Å². The number of hydrogen-bond acceptors (Lipinski definition) is 5. The number of carbonyl (C=O) groups is 2. The van der Waals surface area contributed by atoms with Gasteiger partial charge >= 0.3 is 6.09 Å². The van der Waals surface area contributed by atoms with Crippen LogP contribution in [0.4, 0.5) is 4.79 Å². The summed E-state index contributed by atoms with van der Waals surface area (Å²) in [5.74, 6) is 1.03. The summed E-state index contributed by atoms with van der Waals surface area (Å²) < 4.78 is 5.14. The molecule has 1 aliphatic heterocycles. The van der Waals surface area contributed by atoms with Crippen molar-refractivity contribution in [1.29, 1.82) is 0 Å². The zero-order chi connectivity index (χ0) is 21.0. The van der Waals surface area contributed by atoms with Crippen molar-refractivity contribution >= 4 is 23.6 Å². The summed E-state index contributed by atoms with van der Waals surface area (Å²) in [5.41, 5.74) is 1.89. The van der Waals surface area contributed by atoms with E-state index in [1.165, 1.54) is 6.20 Å². The molecular formula is C22H21ClN2O4. The van der Waals surface area contributed by atoms with E-state index >= 15 is 0 Å². The molecule has 7 heteroatoms. The fraction of sp³-hybridized carbons (Fsp3) is 0.318. The molecule has 1 aromatic carbocycles. The number of hydrogen-bond donors (Lipinski definition) is 1. The quantitative estimate of drug-likeness (QED) is 0.576. The molecule has 1 aromatic heterocycles. The first-order chi connectivity index (χ1) is 13.9. The largest absolute Gasteiger partial charge is 0.446 e. The number of rotatable bonds is 6. The van der Waals surface area contributed by atoms with Gasteiger partial charge in [-0.25, -0.2) is 14.7 Å². The number of aliphatic hydroxyl groups excluding tert-OH is 1. The number of cyclic esters (lactones) is 1. The average Bonchev–Trinajstić information content (AvgIpc) is 3.12. The number of ether oxygens (including phenoxy) is 1. The van der Waals surface area contributed by atoms with Crippen LogP contribution in [-0.2, 0) is 9.53 Å². The Morgan fingerprint density at radius 3 is 2.83 bits per heavy atom. The SMILES string of the molecule is C#CCC[C@@H](C(=O)N1C(=O)OC[C@@H]1c1ccccc1)[C@H](O)c1cnc(Cl)c(C)c1. The van der Waals surface area contributed by atoms with E-state index in [4.69, 9.17) is 22.8 Å². The fourth-order valence-corrected chi connectivity index (χ4v) is 3.50. The smallest absolute Gasteiger partial charge is 0.417 e. The molecule has 1 saturated heterocycles. The molecule has 1 aliphatic rings. The molecule has 6 nitrogen and oxygen atoms in total. The normalized spacial score (nSPS) is 18.1. The maximum atomic E-state index is 13.4. The van der Waals surface area contributed by atoms with Crippen molar-refractivity contribution in [3.05, 3.63) is 64.4 Å². The van der Waals surface area contributed by atoms with Crippen LogP contribution >= 0.6 is 11.6 Å². The third-order valence-corrected chi connectivity index (χ3v) is 5.37. The average molecular weight is 413 g/mol. The first kappa shape index (κ1) is 20.8. The Kier molecular flexibility index (Phi) is 6.53. The number of aromatic nitrogens is 1. The van der Waals surface area contributed by atoms with Gasteiger partial charge in [0.15, 0.2) is 0 Å². The topological polar surface area (TPSA) is 79.7 Å². The number of nitrogens with zero attached hydrogens (tertiary/aromatic N) is 2. The van der Waals surface area contributed by atoms with Crippen LogP contribution in [0, 0.1) is 25.2 Å². The first-order valence-corrected chi connectivity index (χ1v) is 9.60. The summed E-state index contributed by atoms with van der Waals surface area (Å²) in [6.07, 6.45) is 5.37. The van der Waals surface area contributed by atoms with E-state index in [1.807, 2.05) is 30.3 Å². The maximum absolute atomic E-state index is 13.4. The van der Waals surface area contributed by atoms with Gasteiger partial charge in [-0.3, -0.25) is 4.79 Å². The molecule has 1 N–H and O–H groups in total. The number of halogens is 1. The monoisotopic (exact) mass is 412 g/mol. The molecule has 0 aliphatic carbocycles. The van der Waals surface area contributed by atoms with E-state index in [1.54, 1.807) is 13.0 Å². The predicted molar refractivity (Wildman–Crippen MR) is 108 cm³/mol. The van der Waals surface area contributed by atoms with Gasteiger partial charge in [0.25, 0.3) is 0 Å². The van der Waals surface area contributed by atoms with E-state index in [2.05, 4.69) is 10.9 Å². The Hall–Kier alpha value is -2.88. The highest BCUT2D eigenvalue weighted by molar-refractivity contribution is 6.30. The second kappa shape index (κ2) is 9.08. The lowest BCUT2D eigenvalue weighted by Gasteiger charge is -2.28. The van der Waals surface area contributed by atoms with Gasteiger partial charge < -0.3 is 9.84 Å². The van der Waals surface area contributed by atoms with E-state index in [9.17, 15) is 14.7 Å². The van der Waals surface area contributed by atoms with E-state index < -0.39 is 30.1 Å². The highest BCUT2D eigenvalue weighted by Crippen LogP contribution is 2.34. The number of aliphatic hydroxyl groups is 1. The predicted octanol–water partition coefficient (Wildman–Crippen LogP) is 3.83. The summed E-state index contributed by atoms with van der Waals surface area (Å²) in [6.45, 7) is 1.82. The summed E-state index contributed by atoms with van der Waals surface area (Å²) in [6, 6.07) is 10.3. The van der Waals surface area contributed by atoms with Crippen molar-refractivity contribution in [3.8, 4) is 12.3 Å². The molecule has 2 aromatic rings. The van der Waals surface area contributed by atoms with Gasteiger partial charge in [-0.15, -0.1) is 12.3 Å².